The maximum absolute atomic E-state index is 6.11. The van der Waals surface area contributed by atoms with Crippen LogP contribution >= 0.6 is 23.2 Å². The molecule has 0 amide bonds. The van der Waals surface area contributed by atoms with Gasteiger partial charge in [0.2, 0.25) is 0 Å². The Morgan fingerprint density at radius 2 is 2.28 bits per heavy atom. The van der Waals surface area contributed by atoms with E-state index in [9.17, 15) is 0 Å². The summed E-state index contributed by atoms with van der Waals surface area (Å²) < 4.78 is 0. The first kappa shape index (κ1) is 14.1. The second-order valence-corrected chi connectivity index (χ2v) is 5.45. The van der Waals surface area contributed by atoms with Gasteiger partial charge < -0.3 is 5.32 Å². The molecule has 1 aromatic rings. The van der Waals surface area contributed by atoms with Gasteiger partial charge in [0.1, 0.15) is 10.3 Å². The van der Waals surface area contributed by atoms with Gasteiger partial charge in [-0.1, -0.05) is 36.2 Å². The zero-order valence-electron chi connectivity index (χ0n) is 10.6. The SMILES string of the molecule is CCN(Cc1ccc(Cl)nc1Cl)CC1CCCN1. The molecule has 2 rings (SSSR count). The Kier molecular flexibility index (Phi) is 5.25. The lowest BCUT2D eigenvalue weighted by atomic mass is 10.2. The van der Waals surface area contributed by atoms with Crippen LogP contribution in [0.1, 0.15) is 25.3 Å². The minimum Gasteiger partial charge on any atom is -0.313 e. The van der Waals surface area contributed by atoms with E-state index in [1.807, 2.05) is 6.07 Å². The zero-order valence-corrected chi connectivity index (χ0v) is 12.1. The molecule has 5 heteroatoms. The highest BCUT2D eigenvalue weighted by Crippen LogP contribution is 2.19. The maximum atomic E-state index is 6.11. The number of rotatable bonds is 5. The normalized spacial score (nSPS) is 19.7. The van der Waals surface area contributed by atoms with Crippen LogP contribution in [0, 0.1) is 0 Å². The molecule has 0 aromatic carbocycles. The van der Waals surface area contributed by atoms with Gasteiger partial charge in [0, 0.05) is 24.7 Å². The molecule has 2 heterocycles. The molecule has 1 saturated heterocycles. The summed E-state index contributed by atoms with van der Waals surface area (Å²) in [5, 5.41) is 4.48. The monoisotopic (exact) mass is 287 g/mol. The fraction of sp³-hybridized carbons (Fsp3) is 0.615. The summed E-state index contributed by atoms with van der Waals surface area (Å²) in [5.41, 5.74) is 1.04. The third-order valence-electron chi connectivity index (χ3n) is 3.37. The Morgan fingerprint density at radius 1 is 1.44 bits per heavy atom. The molecular weight excluding hydrogens is 269 g/mol. The second kappa shape index (κ2) is 6.71. The summed E-state index contributed by atoms with van der Waals surface area (Å²) in [6.45, 7) is 6.22. The molecule has 100 valence electrons. The van der Waals surface area contributed by atoms with E-state index in [4.69, 9.17) is 23.2 Å². The van der Waals surface area contributed by atoms with Gasteiger partial charge in [-0.25, -0.2) is 4.98 Å². The molecule has 1 N–H and O–H groups in total. The number of pyridine rings is 1. The predicted octanol–water partition coefficient (Wildman–Crippen LogP) is 2.96. The van der Waals surface area contributed by atoms with Crippen LogP contribution in [-0.2, 0) is 6.54 Å². The highest BCUT2D eigenvalue weighted by atomic mass is 35.5. The van der Waals surface area contributed by atoms with E-state index in [-0.39, 0.29) is 0 Å². The van der Waals surface area contributed by atoms with Crippen LogP contribution in [0.5, 0.6) is 0 Å². The van der Waals surface area contributed by atoms with E-state index in [0.717, 1.165) is 31.7 Å². The summed E-state index contributed by atoms with van der Waals surface area (Å²) in [4.78, 5) is 6.47. The summed E-state index contributed by atoms with van der Waals surface area (Å²) in [6.07, 6.45) is 2.55. The van der Waals surface area contributed by atoms with E-state index >= 15 is 0 Å². The highest BCUT2D eigenvalue weighted by Gasteiger charge is 2.17. The first-order valence-electron chi connectivity index (χ1n) is 6.45. The average Bonchev–Trinajstić information content (AvgIpc) is 2.84. The zero-order chi connectivity index (χ0) is 13.0. The summed E-state index contributed by atoms with van der Waals surface area (Å²) in [5.74, 6) is 0. The molecule has 0 saturated carbocycles. The quantitative estimate of drug-likeness (QED) is 0.844. The van der Waals surface area contributed by atoms with Crippen LogP contribution < -0.4 is 5.32 Å². The lowest BCUT2D eigenvalue weighted by Crippen LogP contribution is -2.37. The van der Waals surface area contributed by atoms with Crippen LogP contribution in [0.2, 0.25) is 10.3 Å². The third kappa shape index (κ3) is 3.82. The van der Waals surface area contributed by atoms with E-state index < -0.39 is 0 Å². The second-order valence-electron chi connectivity index (χ2n) is 4.70. The molecule has 1 fully saturated rings. The van der Waals surface area contributed by atoms with E-state index in [1.165, 1.54) is 12.8 Å². The van der Waals surface area contributed by atoms with Gasteiger partial charge in [0.25, 0.3) is 0 Å². The molecule has 1 unspecified atom stereocenters. The minimum absolute atomic E-state index is 0.448. The fourth-order valence-electron chi connectivity index (χ4n) is 2.33. The summed E-state index contributed by atoms with van der Waals surface area (Å²) in [6, 6.07) is 4.37. The van der Waals surface area contributed by atoms with Crippen molar-refractivity contribution in [3.63, 3.8) is 0 Å². The van der Waals surface area contributed by atoms with Gasteiger partial charge in [-0.2, -0.15) is 0 Å². The molecule has 0 aliphatic carbocycles. The van der Waals surface area contributed by atoms with Crippen molar-refractivity contribution in [1.29, 1.82) is 0 Å². The van der Waals surface area contributed by atoms with Crippen molar-refractivity contribution in [3.05, 3.63) is 28.0 Å². The van der Waals surface area contributed by atoms with Crippen LogP contribution in [-0.4, -0.2) is 35.6 Å². The van der Waals surface area contributed by atoms with Crippen molar-refractivity contribution >= 4 is 23.2 Å². The van der Waals surface area contributed by atoms with Crippen LogP contribution in [0.25, 0.3) is 0 Å². The van der Waals surface area contributed by atoms with E-state index in [2.05, 4.69) is 22.1 Å². The molecule has 1 aromatic heterocycles. The van der Waals surface area contributed by atoms with Crippen molar-refractivity contribution in [1.82, 2.24) is 15.2 Å². The Balaban J connectivity index is 1.96. The molecule has 0 bridgehead atoms. The number of nitrogens with zero attached hydrogens (tertiary/aromatic N) is 2. The Morgan fingerprint density at radius 3 is 2.89 bits per heavy atom. The lowest BCUT2D eigenvalue weighted by molar-refractivity contribution is 0.253. The van der Waals surface area contributed by atoms with Crippen molar-refractivity contribution < 1.29 is 0 Å². The van der Waals surface area contributed by atoms with Crippen molar-refractivity contribution in [3.8, 4) is 0 Å². The van der Waals surface area contributed by atoms with Gasteiger partial charge in [-0.3, -0.25) is 4.90 Å². The number of likely N-dealkylation sites (N-methyl/N-ethyl adjacent to an activating group) is 1. The van der Waals surface area contributed by atoms with Crippen LogP contribution in [0.3, 0.4) is 0 Å². The summed E-state index contributed by atoms with van der Waals surface area (Å²) >= 11 is 11.9. The van der Waals surface area contributed by atoms with Gasteiger partial charge in [0.15, 0.2) is 0 Å². The Bertz CT molecular complexity index is 392. The summed E-state index contributed by atoms with van der Waals surface area (Å²) in [7, 11) is 0. The number of aromatic nitrogens is 1. The third-order valence-corrected chi connectivity index (χ3v) is 3.91. The first-order valence-corrected chi connectivity index (χ1v) is 7.21. The molecule has 0 spiro atoms. The Hall–Kier alpha value is -0.350. The smallest absolute Gasteiger partial charge is 0.135 e. The maximum Gasteiger partial charge on any atom is 0.135 e. The standard InChI is InChI=1S/C13H19Cl2N3/c1-2-18(9-11-4-3-7-16-11)8-10-5-6-12(14)17-13(10)15/h5-6,11,16H,2-4,7-9H2,1H3. The predicted molar refractivity (Wildman–Crippen MR) is 76.2 cm³/mol. The molecular formula is C13H19Cl2N3. The molecule has 1 aliphatic heterocycles. The van der Waals surface area contributed by atoms with E-state index in [1.54, 1.807) is 6.07 Å². The molecule has 0 radical (unpaired) electrons. The van der Waals surface area contributed by atoms with Crippen molar-refractivity contribution in [2.45, 2.75) is 32.4 Å². The topological polar surface area (TPSA) is 28.2 Å². The van der Waals surface area contributed by atoms with Crippen LogP contribution in [0.15, 0.2) is 12.1 Å². The lowest BCUT2D eigenvalue weighted by Gasteiger charge is -2.24. The van der Waals surface area contributed by atoms with Gasteiger partial charge in [0.05, 0.1) is 0 Å². The van der Waals surface area contributed by atoms with Crippen molar-refractivity contribution in [2.75, 3.05) is 19.6 Å². The number of hydrogen-bond donors (Lipinski definition) is 1. The van der Waals surface area contributed by atoms with Gasteiger partial charge in [-0.05, 0) is 32.0 Å². The molecule has 1 atom stereocenters. The van der Waals surface area contributed by atoms with Gasteiger partial charge in [-0.15, -0.1) is 0 Å². The molecule has 18 heavy (non-hydrogen) atoms. The van der Waals surface area contributed by atoms with Crippen molar-refractivity contribution in [2.24, 2.45) is 0 Å². The highest BCUT2D eigenvalue weighted by molar-refractivity contribution is 6.32. The fourth-order valence-corrected chi connectivity index (χ4v) is 2.73. The largest absolute Gasteiger partial charge is 0.313 e. The number of halogens is 2. The van der Waals surface area contributed by atoms with Gasteiger partial charge >= 0.3 is 0 Å². The number of hydrogen-bond acceptors (Lipinski definition) is 3. The van der Waals surface area contributed by atoms with E-state index in [0.29, 0.717) is 16.3 Å². The first-order chi connectivity index (χ1) is 8.69. The Labute approximate surface area is 118 Å². The molecule has 1 aliphatic rings. The number of nitrogens with one attached hydrogen (secondary N) is 1. The average molecular weight is 288 g/mol. The minimum atomic E-state index is 0.448. The van der Waals surface area contributed by atoms with Crippen LogP contribution in [0.4, 0.5) is 0 Å². The molecule has 3 nitrogen and oxygen atoms in total.